The van der Waals surface area contributed by atoms with Crippen LogP contribution in [0.4, 0.5) is 0 Å². The molecule has 4 heteroatoms. The van der Waals surface area contributed by atoms with Crippen LogP contribution in [0.2, 0.25) is 0 Å². The summed E-state index contributed by atoms with van der Waals surface area (Å²) in [4.78, 5) is 20.9. The van der Waals surface area contributed by atoms with Crippen molar-refractivity contribution < 1.29 is 9.90 Å². The van der Waals surface area contributed by atoms with Gasteiger partial charge < -0.3 is 5.11 Å². The van der Waals surface area contributed by atoms with E-state index < -0.39 is 0 Å². The number of aliphatic hydroxyl groups is 1. The molecular weight excluding hydrogens is 300 g/mol. The third-order valence-corrected chi connectivity index (χ3v) is 4.20. The summed E-state index contributed by atoms with van der Waals surface area (Å²) < 4.78 is 0. The molecule has 1 aromatic carbocycles. The maximum absolute atomic E-state index is 12.3. The summed E-state index contributed by atoms with van der Waals surface area (Å²) in [5.74, 6) is 0.139. The van der Waals surface area contributed by atoms with Crippen LogP contribution in [0.15, 0.2) is 71.1 Å². The zero-order valence-corrected chi connectivity index (χ0v) is 13.4. The lowest BCUT2D eigenvalue weighted by Crippen LogP contribution is -2.19. The second kappa shape index (κ2) is 7.68. The summed E-state index contributed by atoms with van der Waals surface area (Å²) in [6.07, 6.45) is 4.88. The van der Waals surface area contributed by atoms with Gasteiger partial charge in [-0.1, -0.05) is 36.4 Å². The number of allylic oxidation sites excluding steroid dienone is 2. The molecule has 1 heterocycles. The Morgan fingerprint density at radius 3 is 2.62 bits per heavy atom. The number of rotatable bonds is 5. The second-order valence-electron chi connectivity index (χ2n) is 5.91. The van der Waals surface area contributed by atoms with Crippen molar-refractivity contribution in [3.05, 3.63) is 77.3 Å². The van der Waals surface area contributed by atoms with Gasteiger partial charge in [-0.15, -0.1) is 0 Å². The Labute approximate surface area is 141 Å². The molecule has 0 fully saturated rings. The molecule has 1 aromatic heterocycles. The van der Waals surface area contributed by atoms with E-state index in [0.29, 0.717) is 31.4 Å². The molecule has 0 saturated carbocycles. The van der Waals surface area contributed by atoms with E-state index in [-0.39, 0.29) is 17.5 Å². The first-order valence-electron chi connectivity index (χ1n) is 8.14. The average molecular weight is 320 g/mol. The van der Waals surface area contributed by atoms with Crippen molar-refractivity contribution >= 4 is 12.0 Å². The fraction of sp³-hybridized carbons (Fsp3) is 0.250. The van der Waals surface area contributed by atoms with Gasteiger partial charge >= 0.3 is 0 Å². The summed E-state index contributed by atoms with van der Waals surface area (Å²) in [6.45, 7) is 0.545. The number of carbonyl (C=O) groups is 1. The van der Waals surface area contributed by atoms with Crippen LogP contribution in [0.5, 0.6) is 0 Å². The maximum Gasteiger partial charge on any atom is 0.168 e. The fourth-order valence-corrected chi connectivity index (χ4v) is 2.90. The van der Waals surface area contributed by atoms with Gasteiger partial charge in [0.25, 0.3) is 0 Å². The lowest BCUT2D eigenvalue weighted by atomic mass is 9.83. The Bertz CT molecular complexity index is 752. The standard InChI is InChI=1S/C20H20N2O2/c23-19-12-16(15-6-2-1-3-7-15)13-20(24)18(19)14-21-11-9-17-8-4-5-10-22-17/h1-8,10,14,16,23H,9,11-13H2. The van der Waals surface area contributed by atoms with E-state index in [9.17, 15) is 9.90 Å². The van der Waals surface area contributed by atoms with Crippen LogP contribution in [0.1, 0.15) is 30.0 Å². The first kappa shape index (κ1) is 16.1. The van der Waals surface area contributed by atoms with E-state index in [1.54, 1.807) is 6.20 Å². The fourth-order valence-electron chi connectivity index (χ4n) is 2.90. The summed E-state index contributed by atoms with van der Waals surface area (Å²) in [7, 11) is 0. The molecule has 122 valence electrons. The number of hydrogen-bond acceptors (Lipinski definition) is 4. The van der Waals surface area contributed by atoms with Gasteiger partial charge in [0.15, 0.2) is 5.78 Å². The van der Waals surface area contributed by atoms with Crippen LogP contribution in [-0.4, -0.2) is 28.6 Å². The van der Waals surface area contributed by atoms with Crippen molar-refractivity contribution in [2.24, 2.45) is 4.99 Å². The highest BCUT2D eigenvalue weighted by molar-refractivity contribution is 6.14. The van der Waals surface area contributed by atoms with E-state index in [1.165, 1.54) is 6.21 Å². The molecule has 0 aliphatic heterocycles. The number of aromatic nitrogens is 1. The van der Waals surface area contributed by atoms with Gasteiger partial charge in [-0.25, -0.2) is 0 Å². The quantitative estimate of drug-likeness (QED) is 0.855. The van der Waals surface area contributed by atoms with Gasteiger partial charge in [0.2, 0.25) is 0 Å². The van der Waals surface area contributed by atoms with Crippen molar-refractivity contribution in [1.29, 1.82) is 0 Å². The minimum absolute atomic E-state index is 0.0457. The summed E-state index contributed by atoms with van der Waals surface area (Å²) in [5.41, 5.74) is 2.40. The van der Waals surface area contributed by atoms with Crippen LogP contribution in [0.25, 0.3) is 0 Å². The Morgan fingerprint density at radius 2 is 1.92 bits per heavy atom. The number of Topliss-reactive ketones (excluding diaryl/α,β-unsaturated/α-hetero) is 1. The predicted molar refractivity (Wildman–Crippen MR) is 94.4 cm³/mol. The molecule has 24 heavy (non-hydrogen) atoms. The molecule has 1 atom stereocenters. The monoisotopic (exact) mass is 320 g/mol. The third-order valence-electron chi connectivity index (χ3n) is 4.20. The number of ketones is 1. The number of aliphatic imine (C=N–C) groups is 1. The Hall–Kier alpha value is -2.75. The van der Waals surface area contributed by atoms with Gasteiger partial charge in [0.05, 0.1) is 5.57 Å². The van der Waals surface area contributed by atoms with Gasteiger partial charge in [0, 0.05) is 43.9 Å². The molecule has 1 N–H and O–H groups in total. The minimum atomic E-state index is -0.0470. The highest BCUT2D eigenvalue weighted by atomic mass is 16.3. The Morgan fingerprint density at radius 1 is 1.12 bits per heavy atom. The molecule has 0 saturated heterocycles. The minimum Gasteiger partial charge on any atom is -0.511 e. The summed E-state index contributed by atoms with van der Waals surface area (Å²) >= 11 is 0. The molecule has 0 spiro atoms. The van der Waals surface area contributed by atoms with Crippen LogP contribution in [-0.2, 0) is 11.2 Å². The number of nitrogens with zero attached hydrogens (tertiary/aromatic N) is 2. The number of aliphatic hydroxyl groups excluding tert-OH is 1. The van der Waals surface area contributed by atoms with Crippen LogP contribution in [0, 0.1) is 0 Å². The first-order chi connectivity index (χ1) is 11.7. The van der Waals surface area contributed by atoms with Gasteiger partial charge in [0.1, 0.15) is 5.76 Å². The van der Waals surface area contributed by atoms with E-state index in [0.717, 1.165) is 11.3 Å². The van der Waals surface area contributed by atoms with Gasteiger partial charge in [-0.3, -0.25) is 14.8 Å². The molecule has 0 amide bonds. The molecule has 2 aromatic rings. The van der Waals surface area contributed by atoms with Crippen molar-refractivity contribution in [2.75, 3.05) is 6.54 Å². The van der Waals surface area contributed by atoms with Crippen LogP contribution >= 0.6 is 0 Å². The molecule has 4 nitrogen and oxygen atoms in total. The van der Waals surface area contributed by atoms with Crippen molar-refractivity contribution in [1.82, 2.24) is 4.98 Å². The lowest BCUT2D eigenvalue weighted by Gasteiger charge is -2.22. The van der Waals surface area contributed by atoms with E-state index >= 15 is 0 Å². The SMILES string of the molecule is O=C1CC(c2ccccc2)CC(O)=C1C=NCCc1ccccn1. The largest absolute Gasteiger partial charge is 0.511 e. The van der Waals surface area contributed by atoms with Crippen molar-refractivity contribution in [3.8, 4) is 0 Å². The molecule has 1 aliphatic rings. The third kappa shape index (κ3) is 3.96. The van der Waals surface area contributed by atoms with Crippen molar-refractivity contribution in [3.63, 3.8) is 0 Å². The topological polar surface area (TPSA) is 62.5 Å². The molecule has 3 rings (SSSR count). The Balaban J connectivity index is 1.63. The highest BCUT2D eigenvalue weighted by Gasteiger charge is 2.27. The first-order valence-corrected chi connectivity index (χ1v) is 8.14. The average Bonchev–Trinajstić information content (AvgIpc) is 2.62. The smallest absolute Gasteiger partial charge is 0.168 e. The zero-order valence-electron chi connectivity index (χ0n) is 13.4. The van der Waals surface area contributed by atoms with Crippen LogP contribution in [0.3, 0.4) is 0 Å². The molecule has 0 radical (unpaired) electrons. The summed E-state index contributed by atoms with van der Waals surface area (Å²) in [6, 6.07) is 15.6. The predicted octanol–water partition coefficient (Wildman–Crippen LogP) is 3.65. The number of hydrogen-bond donors (Lipinski definition) is 1. The van der Waals surface area contributed by atoms with Crippen LogP contribution < -0.4 is 0 Å². The van der Waals surface area contributed by atoms with E-state index in [1.807, 2.05) is 48.5 Å². The number of pyridine rings is 1. The summed E-state index contributed by atoms with van der Waals surface area (Å²) in [5, 5.41) is 10.2. The Kier molecular flexibility index (Phi) is 5.16. The number of benzene rings is 1. The lowest BCUT2D eigenvalue weighted by molar-refractivity contribution is -0.116. The van der Waals surface area contributed by atoms with Gasteiger partial charge in [-0.05, 0) is 23.6 Å². The molecule has 1 unspecified atom stereocenters. The van der Waals surface area contributed by atoms with E-state index in [2.05, 4.69) is 9.98 Å². The highest BCUT2D eigenvalue weighted by Crippen LogP contribution is 2.32. The van der Waals surface area contributed by atoms with E-state index in [4.69, 9.17) is 0 Å². The zero-order chi connectivity index (χ0) is 16.8. The maximum atomic E-state index is 12.3. The second-order valence-corrected chi connectivity index (χ2v) is 5.91. The number of carbonyl (C=O) groups excluding carboxylic acids is 1. The molecule has 0 bridgehead atoms. The molecule has 1 aliphatic carbocycles. The van der Waals surface area contributed by atoms with Gasteiger partial charge in [-0.2, -0.15) is 0 Å². The normalized spacial score (nSPS) is 18.3. The van der Waals surface area contributed by atoms with Crippen molar-refractivity contribution in [2.45, 2.75) is 25.2 Å². The molecular formula is C20H20N2O2.